The van der Waals surface area contributed by atoms with Crippen molar-refractivity contribution in [3.8, 4) is 11.5 Å². The highest BCUT2D eigenvalue weighted by Gasteiger charge is 2.13. The van der Waals surface area contributed by atoms with Gasteiger partial charge in [0.05, 0.1) is 11.0 Å². The molecule has 2 aromatic carbocycles. The van der Waals surface area contributed by atoms with Crippen LogP contribution in [-0.4, -0.2) is 39.4 Å². The average Bonchev–Trinajstić information content (AvgIpc) is 3.05. The molecule has 0 aliphatic carbocycles. The average molecular weight is 436 g/mol. The molecule has 0 unspecified atom stereocenters. The SMILES string of the molecule is Cc1c(Cl)cccc1Nc1nc2cc(Oc3ccnc(C(=O)N(C)C)c3)ccc2n1C. The summed E-state index contributed by atoms with van der Waals surface area (Å²) in [4.78, 5) is 22.4. The van der Waals surface area contributed by atoms with E-state index in [-0.39, 0.29) is 5.91 Å². The van der Waals surface area contributed by atoms with Crippen LogP contribution < -0.4 is 10.1 Å². The Kier molecular flexibility index (Phi) is 5.52. The summed E-state index contributed by atoms with van der Waals surface area (Å²) in [5.74, 6) is 1.66. The molecule has 7 nitrogen and oxygen atoms in total. The number of imidazole rings is 1. The van der Waals surface area contributed by atoms with Gasteiger partial charge in [-0.2, -0.15) is 0 Å². The number of anilines is 2. The van der Waals surface area contributed by atoms with Crippen LogP contribution in [0.4, 0.5) is 11.6 Å². The minimum absolute atomic E-state index is 0.183. The van der Waals surface area contributed by atoms with Crippen molar-refractivity contribution < 1.29 is 9.53 Å². The Morgan fingerprint density at radius 3 is 2.68 bits per heavy atom. The van der Waals surface area contributed by atoms with E-state index in [0.29, 0.717) is 28.2 Å². The number of aromatic nitrogens is 3. The monoisotopic (exact) mass is 435 g/mol. The Bertz CT molecular complexity index is 1280. The van der Waals surface area contributed by atoms with Crippen LogP contribution in [0.5, 0.6) is 11.5 Å². The summed E-state index contributed by atoms with van der Waals surface area (Å²) < 4.78 is 7.93. The van der Waals surface area contributed by atoms with E-state index >= 15 is 0 Å². The summed E-state index contributed by atoms with van der Waals surface area (Å²) in [5.41, 5.74) is 3.91. The van der Waals surface area contributed by atoms with Crippen molar-refractivity contribution in [2.45, 2.75) is 6.92 Å². The van der Waals surface area contributed by atoms with E-state index in [1.165, 1.54) is 4.90 Å². The summed E-state index contributed by atoms with van der Waals surface area (Å²) in [6, 6.07) is 14.7. The molecule has 0 bridgehead atoms. The molecule has 0 atom stereocenters. The largest absolute Gasteiger partial charge is 0.457 e. The van der Waals surface area contributed by atoms with E-state index in [1.54, 1.807) is 32.4 Å². The van der Waals surface area contributed by atoms with Gasteiger partial charge in [0.15, 0.2) is 0 Å². The summed E-state index contributed by atoms with van der Waals surface area (Å²) in [7, 11) is 5.31. The second-order valence-corrected chi connectivity index (χ2v) is 7.77. The third kappa shape index (κ3) is 4.18. The van der Waals surface area contributed by atoms with Crippen LogP contribution in [-0.2, 0) is 7.05 Å². The molecule has 4 aromatic rings. The molecule has 0 saturated carbocycles. The van der Waals surface area contributed by atoms with E-state index in [2.05, 4.69) is 10.3 Å². The number of rotatable bonds is 5. The predicted octanol–water partition coefficient (Wildman–Crippen LogP) is 5.17. The second kappa shape index (κ2) is 8.28. The molecule has 0 spiro atoms. The van der Waals surface area contributed by atoms with Gasteiger partial charge in [-0.15, -0.1) is 0 Å². The number of fused-ring (bicyclic) bond motifs is 1. The molecule has 0 aliphatic heterocycles. The molecule has 0 fully saturated rings. The van der Waals surface area contributed by atoms with E-state index in [4.69, 9.17) is 21.3 Å². The number of pyridine rings is 1. The van der Waals surface area contributed by atoms with Gasteiger partial charge in [-0.1, -0.05) is 17.7 Å². The van der Waals surface area contributed by atoms with Gasteiger partial charge in [-0.05, 0) is 42.8 Å². The Balaban J connectivity index is 1.61. The Morgan fingerprint density at radius 2 is 1.90 bits per heavy atom. The Morgan fingerprint density at radius 1 is 1.13 bits per heavy atom. The van der Waals surface area contributed by atoms with Gasteiger partial charge >= 0.3 is 0 Å². The second-order valence-electron chi connectivity index (χ2n) is 7.36. The number of benzene rings is 2. The molecule has 2 heterocycles. The van der Waals surface area contributed by atoms with E-state index in [9.17, 15) is 4.79 Å². The molecular weight excluding hydrogens is 414 g/mol. The Hall–Kier alpha value is -3.58. The molecule has 4 rings (SSSR count). The van der Waals surface area contributed by atoms with Crippen molar-refractivity contribution in [2.24, 2.45) is 7.05 Å². The molecule has 1 amide bonds. The number of halogens is 1. The summed E-state index contributed by atoms with van der Waals surface area (Å²) in [5, 5.41) is 4.04. The zero-order chi connectivity index (χ0) is 22.1. The maximum absolute atomic E-state index is 12.1. The van der Waals surface area contributed by atoms with Crippen LogP contribution in [0.1, 0.15) is 16.1 Å². The van der Waals surface area contributed by atoms with Crippen molar-refractivity contribution in [3.63, 3.8) is 0 Å². The van der Waals surface area contributed by atoms with E-state index in [1.807, 2.05) is 54.9 Å². The van der Waals surface area contributed by atoms with Crippen molar-refractivity contribution in [1.82, 2.24) is 19.4 Å². The maximum Gasteiger partial charge on any atom is 0.272 e. The minimum Gasteiger partial charge on any atom is -0.457 e. The number of amides is 1. The van der Waals surface area contributed by atoms with Crippen molar-refractivity contribution >= 4 is 40.2 Å². The number of carbonyl (C=O) groups excluding carboxylic acids is 1. The van der Waals surface area contributed by atoms with Crippen LogP contribution in [0.15, 0.2) is 54.7 Å². The molecule has 0 aliphatic rings. The van der Waals surface area contributed by atoms with Gasteiger partial charge in [0.1, 0.15) is 17.2 Å². The number of hydrogen-bond donors (Lipinski definition) is 1. The zero-order valence-electron chi connectivity index (χ0n) is 17.7. The summed E-state index contributed by atoms with van der Waals surface area (Å²) >= 11 is 6.23. The number of nitrogens with one attached hydrogen (secondary N) is 1. The van der Waals surface area contributed by atoms with Gasteiger partial charge < -0.3 is 19.5 Å². The van der Waals surface area contributed by atoms with Crippen molar-refractivity contribution in [1.29, 1.82) is 0 Å². The molecular formula is C23H22ClN5O2. The molecule has 158 valence electrons. The fraction of sp³-hybridized carbons (Fsp3) is 0.174. The molecule has 2 aromatic heterocycles. The standard InChI is InChI=1S/C23H22ClN5O2/c1-14-17(24)6-5-7-18(14)26-23-27-19-12-15(8-9-21(19)29(23)4)31-16-10-11-25-20(13-16)22(30)28(2)3/h5-13H,1-4H3,(H,26,27). The predicted molar refractivity (Wildman–Crippen MR) is 123 cm³/mol. The smallest absolute Gasteiger partial charge is 0.272 e. The highest BCUT2D eigenvalue weighted by Crippen LogP contribution is 2.30. The van der Waals surface area contributed by atoms with Crippen molar-refractivity contribution in [2.75, 3.05) is 19.4 Å². The molecule has 1 N–H and O–H groups in total. The van der Waals surface area contributed by atoms with Crippen LogP contribution in [0.25, 0.3) is 11.0 Å². The van der Waals surface area contributed by atoms with Gasteiger partial charge in [-0.3, -0.25) is 9.78 Å². The maximum atomic E-state index is 12.1. The third-order valence-electron chi connectivity index (χ3n) is 4.96. The molecule has 31 heavy (non-hydrogen) atoms. The van der Waals surface area contributed by atoms with Crippen LogP contribution in [0.2, 0.25) is 5.02 Å². The topological polar surface area (TPSA) is 72.3 Å². The lowest BCUT2D eigenvalue weighted by atomic mass is 10.2. The van der Waals surface area contributed by atoms with E-state index in [0.717, 1.165) is 22.3 Å². The lowest BCUT2D eigenvalue weighted by molar-refractivity contribution is 0.0821. The molecule has 8 heteroatoms. The van der Waals surface area contributed by atoms with Crippen LogP contribution in [0.3, 0.4) is 0 Å². The van der Waals surface area contributed by atoms with Crippen LogP contribution in [0, 0.1) is 6.92 Å². The third-order valence-corrected chi connectivity index (χ3v) is 5.37. The highest BCUT2D eigenvalue weighted by molar-refractivity contribution is 6.31. The number of ether oxygens (including phenoxy) is 1. The fourth-order valence-corrected chi connectivity index (χ4v) is 3.35. The number of aryl methyl sites for hydroxylation is 1. The fourth-order valence-electron chi connectivity index (χ4n) is 3.18. The first kappa shape index (κ1) is 20.7. The normalized spacial score (nSPS) is 10.9. The van der Waals surface area contributed by atoms with Crippen LogP contribution >= 0.6 is 11.6 Å². The Labute approximate surface area is 185 Å². The number of nitrogens with zero attached hydrogens (tertiary/aromatic N) is 4. The number of hydrogen-bond acceptors (Lipinski definition) is 5. The lowest BCUT2D eigenvalue weighted by Gasteiger charge is -2.11. The quantitative estimate of drug-likeness (QED) is 0.468. The summed E-state index contributed by atoms with van der Waals surface area (Å²) in [6.45, 7) is 1.96. The lowest BCUT2D eigenvalue weighted by Crippen LogP contribution is -2.22. The summed E-state index contributed by atoms with van der Waals surface area (Å²) in [6.07, 6.45) is 1.56. The number of carbonyl (C=O) groups is 1. The molecule has 0 radical (unpaired) electrons. The van der Waals surface area contributed by atoms with E-state index < -0.39 is 0 Å². The van der Waals surface area contributed by atoms with Gasteiger partial charge in [-0.25, -0.2) is 4.98 Å². The van der Waals surface area contributed by atoms with Crippen molar-refractivity contribution in [3.05, 3.63) is 71.0 Å². The van der Waals surface area contributed by atoms with Gasteiger partial charge in [0.2, 0.25) is 5.95 Å². The highest BCUT2D eigenvalue weighted by atomic mass is 35.5. The zero-order valence-corrected chi connectivity index (χ0v) is 18.4. The first-order valence-corrected chi connectivity index (χ1v) is 10.1. The van der Waals surface area contributed by atoms with Gasteiger partial charge in [0.25, 0.3) is 5.91 Å². The first-order valence-electron chi connectivity index (χ1n) is 9.67. The molecule has 0 saturated heterocycles. The minimum atomic E-state index is -0.183. The van der Waals surface area contributed by atoms with Gasteiger partial charge in [0, 0.05) is 50.2 Å². The first-order chi connectivity index (χ1) is 14.8.